The predicted octanol–water partition coefficient (Wildman–Crippen LogP) is 4.66. The summed E-state index contributed by atoms with van der Waals surface area (Å²) in [5.74, 6) is 0.516. The van der Waals surface area contributed by atoms with Crippen LogP contribution in [0.25, 0.3) is 10.9 Å². The predicted molar refractivity (Wildman–Crippen MR) is 125 cm³/mol. The van der Waals surface area contributed by atoms with E-state index in [1.54, 1.807) is 13.3 Å². The van der Waals surface area contributed by atoms with Crippen LogP contribution < -0.4 is 4.74 Å². The van der Waals surface area contributed by atoms with E-state index in [1.807, 2.05) is 24.3 Å². The van der Waals surface area contributed by atoms with Crippen LogP contribution in [0.5, 0.6) is 5.75 Å². The normalized spacial score (nSPS) is 23.8. The molecule has 1 saturated carbocycles. The first kappa shape index (κ1) is 23.0. The molecule has 2 heterocycles. The first-order chi connectivity index (χ1) is 15.5. The highest BCUT2D eigenvalue weighted by Crippen LogP contribution is 2.34. The van der Waals surface area contributed by atoms with E-state index >= 15 is 0 Å². The maximum atomic E-state index is 12.1. The van der Waals surface area contributed by atoms with E-state index in [0.29, 0.717) is 19.4 Å². The van der Waals surface area contributed by atoms with Gasteiger partial charge in [-0.05, 0) is 80.3 Å². The Morgan fingerprint density at radius 1 is 1.22 bits per heavy atom. The number of methoxy groups -OCH3 is 1. The lowest BCUT2D eigenvalue weighted by molar-refractivity contribution is -0.146. The van der Waals surface area contributed by atoms with Gasteiger partial charge in [-0.1, -0.05) is 19.3 Å². The van der Waals surface area contributed by atoms with Gasteiger partial charge in [0.05, 0.1) is 24.6 Å². The zero-order valence-corrected chi connectivity index (χ0v) is 19.1. The molecule has 0 amide bonds. The first-order valence-electron chi connectivity index (χ1n) is 12.1. The van der Waals surface area contributed by atoms with E-state index < -0.39 is 12.1 Å². The minimum absolute atomic E-state index is 0.104. The molecule has 0 bridgehead atoms. The molecule has 1 aromatic carbocycles. The number of pyridine rings is 1. The summed E-state index contributed by atoms with van der Waals surface area (Å²) in [6.45, 7) is 2.66. The number of hydrogen-bond acceptors (Lipinski definition) is 5. The summed E-state index contributed by atoms with van der Waals surface area (Å²) in [7, 11) is 1.63. The number of aromatic nitrogens is 1. The van der Waals surface area contributed by atoms with Gasteiger partial charge in [-0.2, -0.15) is 0 Å². The zero-order chi connectivity index (χ0) is 22.5. The Morgan fingerprint density at radius 2 is 2.03 bits per heavy atom. The number of carbonyl (C=O) groups is 1. The SMILES string of the molecule is COc1ccc2nccc(C(O)CC[C@@H]3CCN(CC4CCCCC4)C[C@@H]3C(=O)O)c2c1. The van der Waals surface area contributed by atoms with E-state index in [1.165, 1.54) is 32.1 Å². The lowest BCUT2D eigenvalue weighted by Gasteiger charge is -2.39. The van der Waals surface area contributed by atoms with Crippen molar-refractivity contribution >= 4 is 16.9 Å². The lowest BCUT2D eigenvalue weighted by atomic mass is 9.80. The van der Waals surface area contributed by atoms with Crippen LogP contribution in [-0.4, -0.2) is 52.8 Å². The Balaban J connectivity index is 1.38. The maximum absolute atomic E-state index is 12.1. The Labute approximate surface area is 190 Å². The Morgan fingerprint density at radius 3 is 2.78 bits per heavy atom. The molecule has 2 aromatic rings. The molecular weight excluding hydrogens is 404 g/mol. The number of carboxylic acids is 1. The van der Waals surface area contributed by atoms with Crippen molar-refractivity contribution in [3.05, 3.63) is 36.0 Å². The highest BCUT2D eigenvalue weighted by Gasteiger charge is 2.35. The van der Waals surface area contributed by atoms with Gasteiger partial charge >= 0.3 is 5.97 Å². The van der Waals surface area contributed by atoms with Crippen LogP contribution in [0.2, 0.25) is 0 Å². The van der Waals surface area contributed by atoms with Crippen molar-refractivity contribution in [2.75, 3.05) is 26.7 Å². The van der Waals surface area contributed by atoms with Gasteiger partial charge in [0, 0.05) is 24.7 Å². The van der Waals surface area contributed by atoms with Crippen LogP contribution in [0.4, 0.5) is 0 Å². The lowest BCUT2D eigenvalue weighted by Crippen LogP contribution is -2.45. The number of carboxylic acid groups (broad SMARTS) is 1. The molecule has 1 aliphatic carbocycles. The number of likely N-dealkylation sites (tertiary alicyclic amines) is 1. The number of aliphatic carboxylic acids is 1. The fraction of sp³-hybridized carbons (Fsp3) is 0.615. The molecule has 0 radical (unpaired) electrons. The van der Waals surface area contributed by atoms with Crippen LogP contribution in [0, 0.1) is 17.8 Å². The van der Waals surface area contributed by atoms with Gasteiger partial charge in [0.2, 0.25) is 0 Å². The molecule has 3 atom stereocenters. The standard InChI is InChI=1S/C26H36N2O4/c1-32-20-8-9-24-22(15-20)21(11-13-27-24)25(29)10-7-19-12-14-28(17-23(19)26(30)31)16-18-5-3-2-4-6-18/h8-9,11,13,15,18-19,23,25,29H,2-7,10,12,14,16-17H2,1H3,(H,30,31)/t19-,23+,25?/m1/s1. The number of benzene rings is 1. The third-order valence-corrected chi connectivity index (χ3v) is 7.55. The first-order valence-corrected chi connectivity index (χ1v) is 12.1. The topological polar surface area (TPSA) is 82.9 Å². The third-order valence-electron chi connectivity index (χ3n) is 7.55. The van der Waals surface area contributed by atoms with Crippen LogP contribution >= 0.6 is 0 Å². The second kappa shape index (κ2) is 10.6. The molecule has 2 N–H and O–H groups in total. The van der Waals surface area contributed by atoms with Gasteiger partial charge in [-0.15, -0.1) is 0 Å². The van der Waals surface area contributed by atoms with Crippen molar-refractivity contribution in [1.82, 2.24) is 9.88 Å². The minimum atomic E-state index is -0.697. The van der Waals surface area contributed by atoms with Crippen molar-refractivity contribution in [2.24, 2.45) is 17.8 Å². The van der Waals surface area contributed by atoms with Crippen LogP contribution in [0.3, 0.4) is 0 Å². The average molecular weight is 441 g/mol. The van der Waals surface area contributed by atoms with E-state index in [9.17, 15) is 15.0 Å². The quantitative estimate of drug-likeness (QED) is 0.621. The molecular formula is C26H36N2O4. The Hall–Kier alpha value is -2.18. The number of hydrogen-bond donors (Lipinski definition) is 2. The van der Waals surface area contributed by atoms with Gasteiger partial charge in [0.25, 0.3) is 0 Å². The summed E-state index contributed by atoms with van der Waals surface area (Å²) in [6.07, 6.45) is 9.77. The smallest absolute Gasteiger partial charge is 0.308 e. The summed E-state index contributed by atoms with van der Waals surface area (Å²) >= 11 is 0. The van der Waals surface area contributed by atoms with Gasteiger partial charge < -0.3 is 19.8 Å². The molecule has 4 rings (SSSR count). The Kier molecular flexibility index (Phi) is 7.63. The molecule has 1 unspecified atom stereocenters. The van der Waals surface area contributed by atoms with Crippen molar-refractivity contribution in [3.63, 3.8) is 0 Å². The number of rotatable bonds is 8. The number of fused-ring (bicyclic) bond motifs is 1. The molecule has 1 aliphatic heterocycles. The molecule has 1 saturated heterocycles. The average Bonchev–Trinajstić information content (AvgIpc) is 2.82. The molecule has 6 heteroatoms. The summed E-state index contributed by atoms with van der Waals surface area (Å²) in [5, 5.41) is 21.8. The summed E-state index contributed by atoms with van der Waals surface area (Å²) in [4.78, 5) is 18.8. The van der Waals surface area contributed by atoms with Crippen molar-refractivity contribution in [1.29, 1.82) is 0 Å². The molecule has 2 aliphatic rings. The fourth-order valence-corrected chi connectivity index (χ4v) is 5.69. The molecule has 174 valence electrons. The van der Waals surface area contributed by atoms with Crippen molar-refractivity contribution < 1.29 is 19.7 Å². The van der Waals surface area contributed by atoms with Crippen molar-refractivity contribution in [2.45, 2.75) is 57.5 Å². The second-order valence-corrected chi connectivity index (χ2v) is 9.63. The highest BCUT2D eigenvalue weighted by atomic mass is 16.5. The molecule has 6 nitrogen and oxygen atoms in total. The van der Waals surface area contributed by atoms with E-state index in [-0.39, 0.29) is 11.8 Å². The number of nitrogens with zero attached hydrogens (tertiary/aromatic N) is 2. The number of aliphatic hydroxyl groups excluding tert-OH is 1. The van der Waals surface area contributed by atoms with Gasteiger partial charge in [0.1, 0.15) is 5.75 Å². The monoisotopic (exact) mass is 440 g/mol. The van der Waals surface area contributed by atoms with Gasteiger partial charge in [-0.3, -0.25) is 9.78 Å². The van der Waals surface area contributed by atoms with Gasteiger partial charge in [-0.25, -0.2) is 0 Å². The van der Waals surface area contributed by atoms with Crippen molar-refractivity contribution in [3.8, 4) is 5.75 Å². The van der Waals surface area contributed by atoms with E-state index in [2.05, 4.69) is 9.88 Å². The number of piperidine rings is 1. The number of aliphatic hydroxyl groups is 1. The molecule has 1 aromatic heterocycles. The maximum Gasteiger partial charge on any atom is 0.308 e. The van der Waals surface area contributed by atoms with Crippen LogP contribution in [-0.2, 0) is 4.79 Å². The highest BCUT2D eigenvalue weighted by molar-refractivity contribution is 5.83. The molecule has 2 fully saturated rings. The summed E-state index contributed by atoms with van der Waals surface area (Å²) in [5.41, 5.74) is 1.65. The molecule has 0 spiro atoms. The van der Waals surface area contributed by atoms with E-state index in [4.69, 9.17) is 4.74 Å². The zero-order valence-electron chi connectivity index (χ0n) is 19.1. The van der Waals surface area contributed by atoms with E-state index in [0.717, 1.165) is 47.6 Å². The summed E-state index contributed by atoms with van der Waals surface area (Å²) in [6, 6.07) is 7.52. The largest absolute Gasteiger partial charge is 0.497 e. The third kappa shape index (κ3) is 5.41. The Bertz CT molecular complexity index is 912. The van der Waals surface area contributed by atoms with Gasteiger partial charge in [0.15, 0.2) is 0 Å². The second-order valence-electron chi connectivity index (χ2n) is 9.63. The fourth-order valence-electron chi connectivity index (χ4n) is 5.69. The summed E-state index contributed by atoms with van der Waals surface area (Å²) < 4.78 is 5.34. The number of ether oxygens (including phenoxy) is 1. The molecule has 32 heavy (non-hydrogen) atoms. The minimum Gasteiger partial charge on any atom is -0.497 e. The van der Waals surface area contributed by atoms with Crippen LogP contribution in [0.15, 0.2) is 30.5 Å². The van der Waals surface area contributed by atoms with Crippen LogP contribution in [0.1, 0.15) is 63.0 Å².